The first-order valence-electron chi connectivity index (χ1n) is 13.7. The number of hydrogen-bond donors (Lipinski definition) is 1. The molecule has 11 heteroatoms. The van der Waals surface area contributed by atoms with Gasteiger partial charge in [0.25, 0.3) is 0 Å². The van der Waals surface area contributed by atoms with Gasteiger partial charge in [0.2, 0.25) is 7.34 Å². The zero-order valence-corrected chi connectivity index (χ0v) is 26.4. The van der Waals surface area contributed by atoms with Gasteiger partial charge in [-0.3, -0.25) is 0 Å². The lowest BCUT2D eigenvalue weighted by molar-refractivity contribution is 0.0749. The molecule has 6 heterocycles. The van der Waals surface area contributed by atoms with E-state index in [0.29, 0.717) is 35.0 Å². The van der Waals surface area contributed by atoms with Crippen molar-refractivity contribution in [1.82, 2.24) is 15.6 Å². The van der Waals surface area contributed by atoms with Gasteiger partial charge in [-0.05, 0) is 45.2 Å². The van der Waals surface area contributed by atoms with Gasteiger partial charge in [0, 0.05) is 44.5 Å². The van der Waals surface area contributed by atoms with Crippen LogP contribution in [0.25, 0.3) is 0 Å². The fraction of sp³-hybridized carbons (Fsp3) is 0.0625. The van der Waals surface area contributed by atoms with Crippen LogP contribution in [0, 0.1) is 0 Å². The van der Waals surface area contributed by atoms with Crippen LogP contribution < -0.4 is 5.53 Å². The third-order valence-electron chi connectivity index (χ3n) is 8.41. The Bertz CT molecular complexity index is 2030. The van der Waals surface area contributed by atoms with E-state index in [1.807, 2.05) is 58.5 Å². The average Bonchev–Trinajstić information content (AvgIpc) is 3.69. The molecule has 43 heavy (non-hydrogen) atoms. The number of halogens is 2. The van der Waals surface area contributed by atoms with Crippen molar-refractivity contribution in [2.24, 2.45) is 30.0 Å². The molecule has 6 bridgehead atoms. The van der Waals surface area contributed by atoms with E-state index in [-0.39, 0.29) is 0 Å². The first-order valence-corrected chi connectivity index (χ1v) is 15.9. The average molecular weight is 781 g/mol. The molecule has 6 aliphatic rings. The maximum atomic E-state index is 5.39. The minimum absolute atomic E-state index is 0.617. The number of hydrogen-bond acceptors (Lipinski definition) is 9. The highest BCUT2D eigenvalue weighted by atomic mass is 127. The van der Waals surface area contributed by atoms with Crippen LogP contribution in [0.3, 0.4) is 0 Å². The van der Waals surface area contributed by atoms with Crippen LogP contribution in [0.5, 0.6) is 0 Å². The summed E-state index contributed by atoms with van der Waals surface area (Å²) in [5.74, 6) is 3.90. The lowest BCUT2D eigenvalue weighted by Gasteiger charge is -2.40. The summed E-state index contributed by atoms with van der Waals surface area (Å²) in [4.78, 5) is 31.4. The van der Waals surface area contributed by atoms with Crippen LogP contribution in [0.2, 0.25) is 0 Å². The van der Waals surface area contributed by atoms with Gasteiger partial charge in [0.15, 0.2) is 35.0 Å². The van der Waals surface area contributed by atoms with Gasteiger partial charge in [-0.2, -0.15) is 0 Å². The summed E-state index contributed by atoms with van der Waals surface area (Å²) in [5, 5.41) is 4.04. The monoisotopic (exact) mass is 781 g/mol. The molecule has 2 unspecified atom stereocenters. The maximum Gasteiger partial charge on any atom is 0.228 e. The van der Waals surface area contributed by atoms with E-state index in [0.717, 1.165) is 44.5 Å². The summed E-state index contributed by atoms with van der Waals surface area (Å²) >= 11 is 4.85. The van der Waals surface area contributed by atoms with Crippen LogP contribution in [-0.2, 0) is 7.34 Å². The van der Waals surface area contributed by atoms with Crippen LogP contribution in [-0.4, -0.2) is 45.0 Å². The lowest BCUT2D eigenvalue weighted by Crippen LogP contribution is -2.60. The van der Waals surface area contributed by atoms with Gasteiger partial charge < -0.3 is 0 Å². The summed E-state index contributed by atoms with van der Waals surface area (Å²) in [6.45, 7) is 0. The Morgan fingerprint density at radius 3 is 1.21 bits per heavy atom. The molecule has 0 aromatic heterocycles. The van der Waals surface area contributed by atoms with Crippen LogP contribution >= 0.6 is 45.2 Å². The van der Waals surface area contributed by atoms with Crippen molar-refractivity contribution in [2.45, 2.75) is 7.34 Å². The molecular formula is C32H17I2N9. The largest absolute Gasteiger partial charge is 0.232 e. The Labute approximate surface area is 272 Å². The number of amidine groups is 6. The van der Waals surface area contributed by atoms with Crippen molar-refractivity contribution in [3.05, 3.63) is 142 Å². The quantitative estimate of drug-likeness (QED) is 0.146. The molecule has 4 aromatic rings. The number of fused-ring (bicyclic) bond motifs is 14. The van der Waals surface area contributed by atoms with Crippen molar-refractivity contribution < 1.29 is 0 Å². The standard InChI is InChI=1S/C32H17I2N9/c33-31-24-16-8-6-14-22(24)30-38-26-18-10-2-4-12-20(18)28(36-26)40-32(34)23-15-7-5-13-21(23)29(42(32)41-43(30)31)37-25-17-9-1-3-11-19(17)27(35-25)39-31/h1-16,41H. The Morgan fingerprint density at radius 2 is 0.791 bits per heavy atom. The van der Waals surface area contributed by atoms with E-state index in [1.54, 1.807) is 0 Å². The topological polar surface area (TPSA) is 92.7 Å². The van der Waals surface area contributed by atoms with Crippen LogP contribution in [0.4, 0.5) is 0 Å². The number of alkyl halides is 2. The molecule has 0 radical (unpaired) electrons. The lowest BCUT2D eigenvalue weighted by atomic mass is 10.1. The molecular weight excluding hydrogens is 764 g/mol. The summed E-state index contributed by atoms with van der Waals surface area (Å²) in [6.07, 6.45) is 0. The second kappa shape index (κ2) is 8.30. The van der Waals surface area contributed by atoms with Gasteiger partial charge >= 0.3 is 0 Å². The third-order valence-corrected chi connectivity index (χ3v) is 11.0. The normalized spacial score (nSPS) is 24.9. The minimum atomic E-state index is -0.951. The SMILES string of the molecule is IC12N=C3N=C(N=C4c5ccccc5C5(I)N=C6N=C(N=C(c7ccccc71)N2NN45)c1ccccc16)c1ccccc13. The van der Waals surface area contributed by atoms with E-state index in [1.165, 1.54) is 0 Å². The number of nitrogens with one attached hydrogen (secondary N) is 1. The number of aliphatic imine (C=N–C) groups is 6. The van der Waals surface area contributed by atoms with E-state index >= 15 is 0 Å². The molecule has 2 atom stereocenters. The molecule has 0 amide bonds. The van der Waals surface area contributed by atoms with E-state index in [2.05, 4.69) is 99.2 Å². The Balaban J connectivity index is 1.37. The summed E-state index contributed by atoms with van der Waals surface area (Å²) in [5.41, 5.74) is 11.5. The number of nitrogens with zero attached hydrogens (tertiary/aromatic N) is 8. The first-order chi connectivity index (χ1) is 21.0. The van der Waals surface area contributed by atoms with Gasteiger partial charge in [0.05, 0.1) is 0 Å². The molecule has 0 spiro atoms. The molecule has 10 rings (SSSR count). The van der Waals surface area contributed by atoms with E-state index in [9.17, 15) is 0 Å². The molecule has 1 N–H and O–H groups in total. The summed E-state index contributed by atoms with van der Waals surface area (Å²) in [7, 11) is 0. The maximum absolute atomic E-state index is 5.39. The van der Waals surface area contributed by atoms with E-state index < -0.39 is 7.34 Å². The molecule has 9 nitrogen and oxygen atoms in total. The van der Waals surface area contributed by atoms with Crippen molar-refractivity contribution in [2.75, 3.05) is 0 Å². The zero-order chi connectivity index (χ0) is 28.5. The van der Waals surface area contributed by atoms with Gasteiger partial charge in [-0.1, -0.05) is 97.1 Å². The minimum Gasteiger partial charge on any atom is -0.232 e. The Hall–Kier alpha value is -4.08. The zero-order valence-electron chi connectivity index (χ0n) is 22.1. The van der Waals surface area contributed by atoms with Crippen molar-refractivity contribution >= 4 is 80.2 Å². The second-order valence-electron chi connectivity index (χ2n) is 10.7. The third kappa shape index (κ3) is 3.09. The van der Waals surface area contributed by atoms with Gasteiger partial charge in [0.1, 0.15) is 0 Å². The summed E-state index contributed by atoms with van der Waals surface area (Å²) in [6, 6.07) is 32.8. The van der Waals surface area contributed by atoms with Crippen LogP contribution in [0.1, 0.15) is 44.5 Å². The van der Waals surface area contributed by atoms with Crippen LogP contribution in [0.15, 0.2) is 127 Å². The predicted octanol–water partition coefficient (Wildman–Crippen LogP) is 5.46. The Morgan fingerprint density at radius 1 is 0.442 bits per heavy atom. The highest BCUT2D eigenvalue weighted by molar-refractivity contribution is 14.1. The van der Waals surface area contributed by atoms with Crippen molar-refractivity contribution in [3.8, 4) is 0 Å². The van der Waals surface area contributed by atoms with E-state index in [4.69, 9.17) is 30.0 Å². The summed E-state index contributed by atoms with van der Waals surface area (Å²) < 4.78 is -1.90. The Kier molecular flexibility index (Phi) is 4.70. The predicted molar refractivity (Wildman–Crippen MR) is 183 cm³/mol. The highest BCUT2D eigenvalue weighted by Gasteiger charge is 2.55. The van der Waals surface area contributed by atoms with Crippen molar-refractivity contribution in [3.63, 3.8) is 0 Å². The molecule has 0 aliphatic carbocycles. The second-order valence-corrected chi connectivity index (χ2v) is 13.7. The molecule has 6 aliphatic heterocycles. The highest BCUT2D eigenvalue weighted by Crippen LogP contribution is 2.51. The molecule has 204 valence electrons. The fourth-order valence-electron chi connectivity index (χ4n) is 6.45. The first kappa shape index (κ1) is 24.4. The van der Waals surface area contributed by atoms with Crippen molar-refractivity contribution in [1.29, 1.82) is 0 Å². The molecule has 0 saturated carbocycles. The molecule has 0 fully saturated rings. The van der Waals surface area contributed by atoms with Gasteiger partial charge in [-0.25, -0.2) is 40.0 Å². The van der Waals surface area contributed by atoms with Gasteiger partial charge in [-0.15, -0.1) is 5.53 Å². The molecule has 0 saturated heterocycles. The fourth-order valence-corrected chi connectivity index (χ4v) is 8.52. The number of rotatable bonds is 0. The number of hydrazine groups is 2. The molecule has 4 aromatic carbocycles. The smallest absolute Gasteiger partial charge is 0.228 e. The number of benzene rings is 4.